The minimum absolute atomic E-state index is 0.0339. The van der Waals surface area contributed by atoms with Gasteiger partial charge in [0.1, 0.15) is 11.0 Å². The molecule has 1 unspecified atom stereocenters. The van der Waals surface area contributed by atoms with Crippen molar-refractivity contribution >= 4 is 63.8 Å². The zero-order valence-corrected chi connectivity index (χ0v) is 17.5. The van der Waals surface area contributed by atoms with E-state index in [4.69, 9.17) is 27.9 Å². The van der Waals surface area contributed by atoms with Crippen LogP contribution in [0.3, 0.4) is 0 Å². The van der Waals surface area contributed by atoms with Gasteiger partial charge in [0, 0.05) is 28.8 Å². The number of nitrogens with one attached hydrogen (secondary N) is 2. The first kappa shape index (κ1) is 21.2. The van der Waals surface area contributed by atoms with Crippen LogP contribution in [0.1, 0.15) is 12.0 Å². The van der Waals surface area contributed by atoms with Crippen molar-refractivity contribution in [3.8, 4) is 5.75 Å². The fourth-order valence-corrected chi connectivity index (χ4v) is 3.81. The molecule has 1 atom stereocenters. The van der Waals surface area contributed by atoms with Crippen LogP contribution < -0.4 is 15.4 Å². The van der Waals surface area contributed by atoms with Crippen LogP contribution in [0.2, 0.25) is 10.0 Å². The minimum Gasteiger partial charge on any atom is -0.497 e. The van der Waals surface area contributed by atoms with Crippen LogP contribution >= 0.6 is 35.0 Å². The molecule has 1 aliphatic heterocycles. The van der Waals surface area contributed by atoms with Crippen molar-refractivity contribution in [2.24, 2.45) is 10.2 Å². The van der Waals surface area contributed by atoms with E-state index in [0.717, 1.165) is 11.8 Å². The van der Waals surface area contributed by atoms with Crippen molar-refractivity contribution in [2.45, 2.75) is 11.7 Å². The lowest BCUT2D eigenvalue weighted by Crippen LogP contribution is -2.41. The molecule has 2 aromatic rings. The molecule has 3 rings (SSSR count). The molecule has 1 fully saturated rings. The van der Waals surface area contributed by atoms with Crippen molar-refractivity contribution in [3.05, 3.63) is 58.1 Å². The molecule has 0 spiro atoms. The Morgan fingerprint density at radius 2 is 2.14 bits per heavy atom. The topological polar surface area (TPSA) is 92.1 Å². The van der Waals surface area contributed by atoms with E-state index in [9.17, 15) is 9.59 Å². The second kappa shape index (κ2) is 9.78. The molecule has 1 saturated heterocycles. The van der Waals surface area contributed by atoms with Gasteiger partial charge in [-0.3, -0.25) is 9.59 Å². The van der Waals surface area contributed by atoms with Crippen molar-refractivity contribution in [1.82, 2.24) is 5.32 Å². The third-order valence-corrected chi connectivity index (χ3v) is 5.44. The molecule has 0 radical (unpaired) electrons. The molecular weight excluding hydrogens is 435 g/mol. The zero-order valence-electron chi connectivity index (χ0n) is 15.2. The number of carbonyl (C=O) groups is 2. The van der Waals surface area contributed by atoms with E-state index < -0.39 is 5.25 Å². The van der Waals surface area contributed by atoms with Crippen LogP contribution in [0.5, 0.6) is 5.75 Å². The van der Waals surface area contributed by atoms with Gasteiger partial charge in [-0.1, -0.05) is 47.1 Å². The van der Waals surface area contributed by atoms with Crippen molar-refractivity contribution in [3.63, 3.8) is 0 Å². The summed E-state index contributed by atoms with van der Waals surface area (Å²) in [5.41, 5.74) is 1.20. The summed E-state index contributed by atoms with van der Waals surface area (Å²) >= 11 is 13.1. The molecule has 150 valence electrons. The van der Waals surface area contributed by atoms with Crippen LogP contribution in [0.4, 0.5) is 5.69 Å². The maximum atomic E-state index is 12.6. The molecule has 0 bridgehead atoms. The Morgan fingerprint density at radius 1 is 1.31 bits per heavy atom. The predicted octanol–water partition coefficient (Wildman–Crippen LogP) is 3.95. The summed E-state index contributed by atoms with van der Waals surface area (Å²) in [4.78, 5) is 24.5. The highest BCUT2D eigenvalue weighted by Crippen LogP contribution is 2.24. The van der Waals surface area contributed by atoms with Gasteiger partial charge < -0.3 is 15.4 Å². The van der Waals surface area contributed by atoms with Gasteiger partial charge in [-0.15, -0.1) is 5.10 Å². The van der Waals surface area contributed by atoms with E-state index in [0.29, 0.717) is 27.0 Å². The maximum Gasteiger partial charge on any atom is 0.238 e. The van der Waals surface area contributed by atoms with E-state index in [1.165, 1.54) is 6.21 Å². The summed E-state index contributed by atoms with van der Waals surface area (Å²) in [6.45, 7) is 0. The second-order valence-electron chi connectivity index (χ2n) is 5.90. The molecule has 2 amide bonds. The van der Waals surface area contributed by atoms with Crippen LogP contribution in [0.25, 0.3) is 0 Å². The van der Waals surface area contributed by atoms with Crippen LogP contribution in [-0.2, 0) is 9.59 Å². The van der Waals surface area contributed by atoms with E-state index in [-0.39, 0.29) is 23.4 Å². The number of benzene rings is 2. The number of amides is 2. The van der Waals surface area contributed by atoms with E-state index in [1.54, 1.807) is 49.6 Å². The molecule has 1 aliphatic rings. The molecule has 1 heterocycles. The number of anilines is 1. The number of hydrogen-bond donors (Lipinski definition) is 2. The smallest absolute Gasteiger partial charge is 0.238 e. The fourth-order valence-electron chi connectivity index (χ4n) is 2.41. The number of nitrogens with zero attached hydrogens (tertiary/aromatic N) is 2. The lowest BCUT2D eigenvalue weighted by molar-refractivity contribution is -0.123. The number of hydrogen-bond acceptors (Lipinski definition) is 6. The Kier molecular flexibility index (Phi) is 7.13. The van der Waals surface area contributed by atoms with Gasteiger partial charge in [0.2, 0.25) is 11.8 Å². The monoisotopic (exact) mass is 450 g/mol. The number of rotatable bonds is 5. The zero-order chi connectivity index (χ0) is 20.8. The third kappa shape index (κ3) is 5.96. The average Bonchev–Trinajstić information content (AvgIpc) is 2.69. The predicted molar refractivity (Wildman–Crippen MR) is 117 cm³/mol. The lowest BCUT2D eigenvalue weighted by atomic mass is 10.2. The average molecular weight is 451 g/mol. The SMILES string of the molecule is COc1cccc(NC(=O)C2CC(=O)N/C(=N\N=C\c3ccc(Cl)cc3Cl)S2)c1. The van der Waals surface area contributed by atoms with Gasteiger partial charge >= 0.3 is 0 Å². The Morgan fingerprint density at radius 3 is 2.90 bits per heavy atom. The van der Waals surface area contributed by atoms with Crippen molar-refractivity contribution < 1.29 is 14.3 Å². The highest BCUT2D eigenvalue weighted by Gasteiger charge is 2.30. The van der Waals surface area contributed by atoms with Crippen molar-refractivity contribution in [1.29, 1.82) is 0 Å². The van der Waals surface area contributed by atoms with Gasteiger partial charge in [0.05, 0.1) is 18.3 Å². The summed E-state index contributed by atoms with van der Waals surface area (Å²) in [5, 5.41) is 13.8. The highest BCUT2D eigenvalue weighted by atomic mass is 35.5. The number of ether oxygens (including phenoxy) is 1. The summed E-state index contributed by atoms with van der Waals surface area (Å²) in [5.74, 6) is -0.00200. The Balaban J connectivity index is 1.67. The fraction of sp³-hybridized carbons (Fsp3) is 0.158. The van der Waals surface area contributed by atoms with Gasteiger partial charge in [0.15, 0.2) is 5.17 Å². The number of methoxy groups -OCH3 is 1. The van der Waals surface area contributed by atoms with Crippen LogP contribution in [-0.4, -0.2) is 35.6 Å². The van der Waals surface area contributed by atoms with Crippen LogP contribution in [0.15, 0.2) is 52.7 Å². The first-order chi connectivity index (χ1) is 13.9. The molecular formula is C19H16Cl2N4O3S. The molecule has 0 aromatic heterocycles. The third-order valence-electron chi connectivity index (χ3n) is 3.81. The Labute approximate surface area is 181 Å². The normalized spacial score (nSPS) is 18.0. The van der Waals surface area contributed by atoms with E-state index >= 15 is 0 Å². The molecule has 7 nitrogen and oxygen atoms in total. The molecule has 0 aliphatic carbocycles. The largest absolute Gasteiger partial charge is 0.497 e. The summed E-state index contributed by atoms with van der Waals surface area (Å²) in [6.07, 6.45) is 1.48. The standard InChI is InChI=1S/C19H16Cl2N4O3S/c1-28-14-4-2-3-13(8-14)23-18(27)16-9-17(26)24-19(29-16)25-22-10-11-5-6-12(20)7-15(11)21/h2-8,10,16H,9H2,1H3,(H,23,27)(H,24,25,26)/b22-10+. The van der Waals surface area contributed by atoms with Crippen LogP contribution in [0, 0.1) is 0 Å². The van der Waals surface area contributed by atoms with Gasteiger partial charge in [0.25, 0.3) is 0 Å². The van der Waals surface area contributed by atoms with E-state index in [1.807, 2.05) is 0 Å². The molecule has 2 N–H and O–H groups in total. The minimum atomic E-state index is -0.636. The molecule has 29 heavy (non-hydrogen) atoms. The maximum absolute atomic E-state index is 12.6. The van der Waals surface area contributed by atoms with Gasteiger partial charge in [-0.2, -0.15) is 5.10 Å². The van der Waals surface area contributed by atoms with Crippen molar-refractivity contribution in [2.75, 3.05) is 12.4 Å². The molecule has 0 saturated carbocycles. The Bertz CT molecular complexity index is 997. The van der Waals surface area contributed by atoms with E-state index in [2.05, 4.69) is 20.8 Å². The highest BCUT2D eigenvalue weighted by molar-refractivity contribution is 8.15. The summed E-state index contributed by atoms with van der Waals surface area (Å²) < 4.78 is 5.14. The molecule has 10 heteroatoms. The number of thioether (sulfide) groups is 1. The molecule has 2 aromatic carbocycles. The number of halogens is 2. The first-order valence-corrected chi connectivity index (χ1v) is 10.1. The summed E-state index contributed by atoms with van der Waals surface area (Å²) in [6, 6.07) is 11.9. The van der Waals surface area contributed by atoms with Gasteiger partial charge in [-0.25, -0.2) is 0 Å². The second-order valence-corrected chi connectivity index (χ2v) is 7.93. The Hall–Kier alpha value is -2.55. The number of amidine groups is 1. The summed E-state index contributed by atoms with van der Waals surface area (Å²) in [7, 11) is 1.54. The quantitative estimate of drug-likeness (QED) is 0.532. The lowest BCUT2D eigenvalue weighted by Gasteiger charge is -2.21. The van der Waals surface area contributed by atoms with Gasteiger partial charge in [-0.05, 0) is 24.3 Å². The number of carbonyl (C=O) groups excluding carboxylic acids is 2. The first-order valence-electron chi connectivity index (χ1n) is 8.42.